The van der Waals surface area contributed by atoms with Crippen molar-refractivity contribution < 1.29 is 23.5 Å². The molecule has 3 N–H and O–H groups in total. The van der Waals surface area contributed by atoms with Crippen LogP contribution in [0, 0.1) is 5.92 Å². The van der Waals surface area contributed by atoms with Crippen molar-refractivity contribution >= 4 is 50.4 Å². The van der Waals surface area contributed by atoms with Gasteiger partial charge in [-0.15, -0.1) is 0 Å². The molecule has 1 saturated heterocycles. The largest absolute Gasteiger partial charge is 0.506 e. The van der Waals surface area contributed by atoms with Gasteiger partial charge in [-0.05, 0) is 80.0 Å². The summed E-state index contributed by atoms with van der Waals surface area (Å²) in [4.78, 5) is 35.8. The van der Waals surface area contributed by atoms with Gasteiger partial charge in [0.25, 0.3) is 12.3 Å². The molecule has 2 atom stereocenters. The third kappa shape index (κ3) is 10.9. The van der Waals surface area contributed by atoms with Crippen LogP contribution < -0.4 is 5.73 Å². The van der Waals surface area contributed by atoms with E-state index < -0.39 is 6.43 Å². The minimum absolute atomic E-state index is 0.101. The summed E-state index contributed by atoms with van der Waals surface area (Å²) in [5.74, 6) is 0.392. The highest BCUT2D eigenvalue weighted by atomic mass is 79.9. The number of alkyl halides is 2. The van der Waals surface area contributed by atoms with E-state index in [-0.39, 0.29) is 52.3 Å². The van der Waals surface area contributed by atoms with Crippen LogP contribution in [0.4, 0.5) is 20.2 Å². The molecule has 2 aromatic rings. The molecule has 0 saturated carbocycles. The number of nitrogens with two attached hydrogens (primary N) is 1. The first-order valence-corrected chi connectivity index (χ1v) is 18.5. The zero-order valence-electron chi connectivity index (χ0n) is 31.0. The summed E-state index contributed by atoms with van der Waals surface area (Å²) < 4.78 is 27.9. The number of allylic oxidation sites excluding steroid dienone is 2. The maximum Gasteiger partial charge on any atom is 0.276 e. The Hall–Kier alpha value is -3.66. The summed E-state index contributed by atoms with van der Waals surface area (Å²) in [5.41, 5.74) is 11.3. The highest BCUT2D eigenvalue weighted by Crippen LogP contribution is 2.37. The van der Waals surface area contributed by atoms with E-state index in [4.69, 9.17) is 10.7 Å². The predicted octanol–water partition coefficient (Wildman–Crippen LogP) is 10.8. The maximum absolute atomic E-state index is 14.3. The first kappa shape index (κ1) is 42.5. The van der Waals surface area contributed by atoms with Crippen LogP contribution in [-0.2, 0) is 11.2 Å². The van der Waals surface area contributed by atoms with Gasteiger partial charge in [0.05, 0.1) is 23.0 Å². The van der Waals surface area contributed by atoms with Crippen LogP contribution in [0.3, 0.4) is 0 Å². The summed E-state index contributed by atoms with van der Waals surface area (Å²) in [6, 6.07) is 8.59. The second-order valence-electron chi connectivity index (χ2n) is 13.0. The number of amides is 1. The number of halogens is 3. The topological polar surface area (TPSA) is 108 Å². The smallest absolute Gasteiger partial charge is 0.276 e. The molecule has 0 bridgehead atoms. The number of phenols is 1. The van der Waals surface area contributed by atoms with Gasteiger partial charge in [-0.3, -0.25) is 14.6 Å². The number of hydrogen-bond donors (Lipinski definition) is 2. The van der Waals surface area contributed by atoms with Crippen LogP contribution in [0.1, 0.15) is 121 Å². The summed E-state index contributed by atoms with van der Waals surface area (Å²) in [7, 11) is 0. The molecular formula is C40H55BrF2N4O3. The van der Waals surface area contributed by atoms with Crippen LogP contribution in [0.5, 0.6) is 5.75 Å². The molecule has 1 fully saturated rings. The molecule has 1 amide bonds. The van der Waals surface area contributed by atoms with Crippen LogP contribution in [0.15, 0.2) is 68.7 Å². The molecule has 50 heavy (non-hydrogen) atoms. The number of carbonyl (C=O) groups is 2. The van der Waals surface area contributed by atoms with Crippen molar-refractivity contribution in [2.24, 2.45) is 21.6 Å². The Morgan fingerprint density at radius 1 is 1.12 bits per heavy atom. The zero-order chi connectivity index (χ0) is 37.7. The average molecular weight is 758 g/mol. The number of likely N-dealkylation sites (tertiary alicyclic amines) is 1. The molecular weight excluding hydrogens is 702 g/mol. The fraction of sp³-hybridized carbons (Fsp3) is 0.500. The van der Waals surface area contributed by atoms with E-state index in [2.05, 4.69) is 41.3 Å². The average Bonchev–Trinajstić information content (AvgIpc) is 3.09. The van der Waals surface area contributed by atoms with Gasteiger partial charge in [-0.2, -0.15) is 0 Å². The van der Waals surface area contributed by atoms with Gasteiger partial charge in [-0.1, -0.05) is 89.9 Å². The van der Waals surface area contributed by atoms with Crippen LogP contribution >= 0.6 is 15.9 Å². The Labute approximate surface area is 306 Å². The molecule has 3 rings (SSSR count). The molecule has 0 aliphatic carbocycles. The fourth-order valence-electron chi connectivity index (χ4n) is 5.77. The third-order valence-corrected chi connectivity index (χ3v) is 9.65. The predicted molar refractivity (Wildman–Crippen MR) is 207 cm³/mol. The second kappa shape index (κ2) is 20.3. The van der Waals surface area contributed by atoms with E-state index in [0.29, 0.717) is 43.6 Å². The van der Waals surface area contributed by atoms with Crippen molar-refractivity contribution in [3.63, 3.8) is 0 Å². The van der Waals surface area contributed by atoms with Gasteiger partial charge in [0.1, 0.15) is 11.4 Å². The number of aliphatic imine (C=N–C) groups is 2. The normalized spacial score (nSPS) is 17.5. The summed E-state index contributed by atoms with van der Waals surface area (Å²) in [5, 5.41) is 10.8. The maximum atomic E-state index is 14.3. The van der Waals surface area contributed by atoms with E-state index in [1.54, 1.807) is 23.1 Å². The third-order valence-electron chi connectivity index (χ3n) is 8.90. The first-order valence-electron chi connectivity index (χ1n) is 17.7. The molecule has 2 unspecified atom stereocenters. The molecule has 0 radical (unpaired) electrons. The summed E-state index contributed by atoms with van der Waals surface area (Å²) in [6.45, 7) is 19.1. The van der Waals surface area contributed by atoms with Gasteiger partial charge >= 0.3 is 0 Å². The number of benzene rings is 2. The molecule has 1 aliphatic rings. The monoisotopic (exact) mass is 756 g/mol. The van der Waals surface area contributed by atoms with Gasteiger partial charge < -0.3 is 15.7 Å². The second-order valence-corrected chi connectivity index (χ2v) is 13.8. The number of aromatic hydroxyl groups is 1. The quantitative estimate of drug-likeness (QED) is 0.157. The van der Waals surface area contributed by atoms with Gasteiger partial charge in [0.2, 0.25) is 0 Å². The van der Waals surface area contributed by atoms with Crippen LogP contribution in [0.25, 0.3) is 0 Å². The zero-order valence-corrected chi connectivity index (χ0v) is 32.5. The Kier molecular flexibility index (Phi) is 17.2. The number of phenolic OH excluding ortho intramolecular Hbond substituents is 1. The van der Waals surface area contributed by atoms with Gasteiger partial charge in [-0.25, -0.2) is 13.8 Å². The summed E-state index contributed by atoms with van der Waals surface area (Å²) >= 11 is 3.54. The first-order chi connectivity index (χ1) is 23.7. The lowest BCUT2D eigenvalue weighted by Gasteiger charge is -2.39. The molecule has 7 nitrogen and oxygen atoms in total. The van der Waals surface area contributed by atoms with Crippen molar-refractivity contribution in [1.29, 1.82) is 0 Å². The van der Waals surface area contributed by atoms with Crippen molar-refractivity contribution in [2.75, 3.05) is 6.54 Å². The number of ketones is 1. The van der Waals surface area contributed by atoms with E-state index >= 15 is 0 Å². The van der Waals surface area contributed by atoms with Crippen LogP contribution in [-0.4, -0.2) is 52.1 Å². The van der Waals surface area contributed by atoms with E-state index in [0.717, 1.165) is 46.1 Å². The Bertz CT molecular complexity index is 1600. The van der Waals surface area contributed by atoms with E-state index in [1.807, 2.05) is 46.8 Å². The number of hydrogen-bond acceptors (Lipinski definition) is 6. The SMILES string of the molecule is C=CC(=O)C(C)CC.CCC/C(N)=C1/C(=Nc2ccc(C(C)C)cc2O)CCN(C(=O)c2ccc(Br)c(CCC)c2N=C(C)C(F)F)C1CC. The lowest BCUT2D eigenvalue weighted by molar-refractivity contribution is -0.117. The standard InChI is InChI=1S/C33H43BrF2N4O2.C7H12O/c1-7-10-22-24(34)14-13-23(31(22)38-20(6)32(35)36)33(42)40-17-16-27(30(28(40)9-3)25(37)11-8-2)39-26-15-12-21(19(4)5)18-29(26)41;1-4-6(3)7(8)5-2/h12-15,18-19,28,32,41H,7-11,16-17,37H2,1-6H3;5-6H,2,4H2,1,3H3/b30-25+,38-20?,39-27?;. The molecule has 10 heteroatoms. The highest BCUT2D eigenvalue weighted by Gasteiger charge is 2.36. The number of carbonyl (C=O) groups excluding carboxylic acids is 2. The molecule has 274 valence electrons. The van der Waals surface area contributed by atoms with E-state index in [1.165, 1.54) is 13.0 Å². The molecule has 0 spiro atoms. The number of nitrogens with zero attached hydrogens (tertiary/aromatic N) is 3. The lowest BCUT2D eigenvalue weighted by atomic mass is 9.88. The summed E-state index contributed by atoms with van der Waals surface area (Å²) in [6.07, 6.45) is 3.37. The number of rotatable bonds is 13. The van der Waals surface area contributed by atoms with Crippen molar-refractivity contribution in [3.05, 3.63) is 75.4 Å². The molecule has 1 aliphatic heterocycles. The molecule has 0 aromatic heterocycles. The van der Waals surface area contributed by atoms with Crippen molar-refractivity contribution in [3.8, 4) is 5.75 Å². The minimum atomic E-state index is -2.73. The lowest BCUT2D eigenvalue weighted by Crippen LogP contribution is -2.48. The van der Waals surface area contributed by atoms with Gasteiger partial charge in [0, 0.05) is 40.3 Å². The molecule has 1 heterocycles. The Morgan fingerprint density at radius 2 is 1.80 bits per heavy atom. The fourth-order valence-corrected chi connectivity index (χ4v) is 6.29. The Morgan fingerprint density at radius 3 is 2.30 bits per heavy atom. The van der Waals surface area contributed by atoms with Crippen molar-refractivity contribution in [2.45, 2.75) is 119 Å². The van der Waals surface area contributed by atoms with E-state index in [9.17, 15) is 23.5 Å². The van der Waals surface area contributed by atoms with Gasteiger partial charge in [0.15, 0.2) is 5.78 Å². The Balaban J connectivity index is 0.000000963. The minimum Gasteiger partial charge on any atom is -0.506 e. The molecule has 2 aromatic carbocycles. The van der Waals surface area contributed by atoms with Crippen molar-refractivity contribution in [1.82, 2.24) is 4.90 Å². The van der Waals surface area contributed by atoms with Crippen LogP contribution in [0.2, 0.25) is 0 Å². The number of piperidine rings is 1. The highest BCUT2D eigenvalue weighted by molar-refractivity contribution is 9.10.